The average Bonchev–Trinajstić information content (AvgIpc) is 2.59. The zero-order valence-electron chi connectivity index (χ0n) is 14.8. The monoisotopic (exact) mass is 371 g/mol. The van der Waals surface area contributed by atoms with Crippen LogP contribution in [0.15, 0.2) is 24.3 Å². The smallest absolute Gasteiger partial charge is 0.223 e. The molecule has 8 heteroatoms. The molecule has 2 rings (SSSR count). The molecule has 0 radical (unpaired) electrons. The number of rotatable bonds is 7. The highest BCUT2D eigenvalue weighted by atomic mass is 32.2. The number of halogens is 1. The number of carbonyl (C=O) groups is 1. The van der Waals surface area contributed by atoms with E-state index in [-0.39, 0.29) is 23.9 Å². The second-order valence-electron chi connectivity index (χ2n) is 6.49. The Morgan fingerprint density at radius 3 is 2.40 bits per heavy atom. The number of aryl methyl sites for hydroxylation is 1. The highest BCUT2D eigenvalue weighted by Crippen LogP contribution is 2.13. The molecule has 1 heterocycles. The van der Waals surface area contributed by atoms with E-state index in [0.717, 1.165) is 0 Å². The zero-order chi connectivity index (χ0) is 18.4. The van der Waals surface area contributed by atoms with E-state index in [2.05, 4.69) is 0 Å². The van der Waals surface area contributed by atoms with Crippen LogP contribution in [-0.2, 0) is 21.2 Å². The molecule has 0 N–H and O–H groups in total. The average molecular weight is 371 g/mol. The minimum absolute atomic E-state index is 0.0529. The van der Waals surface area contributed by atoms with E-state index in [9.17, 15) is 17.6 Å². The summed E-state index contributed by atoms with van der Waals surface area (Å²) in [6, 6.07) is 6.22. The number of hydrogen-bond donors (Lipinski definition) is 0. The number of benzene rings is 1. The van der Waals surface area contributed by atoms with Gasteiger partial charge in [-0.15, -0.1) is 0 Å². The van der Waals surface area contributed by atoms with Gasteiger partial charge in [-0.25, -0.2) is 12.8 Å². The van der Waals surface area contributed by atoms with Gasteiger partial charge in [-0.3, -0.25) is 4.79 Å². The van der Waals surface area contributed by atoms with Gasteiger partial charge < -0.3 is 9.80 Å². The number of hydrogen-bond acceptors (Lipinski definition) is 4. The first-order valence-electron chi connectivity index (χ1n) is 8.43. The fraction of sp³-hybridized carbons (Fsp3) is 0.588. The summed E-state index contributed by atoms with van der Waals surface area (Å²) < 4.78 is 39.9. The molecule has 1 aliphatic rings. The van der Waals surface area contributed by atoms with Crippen LogP contribution in [-0.4, -0.2) is 81.0 Å². The Bertz CT molecular complexity index is 686. The standard InChI is InChI=1S/C17H26FN3O3S/c1-19(2)9-7-17(22)20-10-12-21(13-11-20)25(23,24)14-8-15-5-3-4-6-16(15)18/h3-6H,7-14H2,1-2H3. The van der Waals surface area contributed by atoms with Crippen molar-refractivity contribution in [2.45, 2.75) is 12.8 Å². The first-order valence-corrected chi connectivity index (χ1v) is 10.0. The maximum absolute atomic E-state index is 13.6. The summed E-state index contributed by atoms with van der Waals surface area (Å²) in [4.78, 5) is 15.8. The third kappa shape index (κ3) is 5.76. The van der Waals surface area contributed by atoms with Crippen molar-refractivity contribution in [2.75, 3.05) is 52.6 Å². The van der Waals surface area contributed by atoms with Gasteiger partial charge in [-0.2, -0.15) is 4.31 Å². The first kappa shape index (κ1) is 19.8. The topological polar surface area (TPSA) is 60.9 Å². The van der Waals surface area contributed by atoms with Gasteiger partial charge in [0.15, 0.2) is 0 Å². The van der Waals surface area contributed by atoms with E-state index in [1.165, 1.54) is 10.4 Å². The predicted octanol–water partition coefficient (Wildman–Crippen LogP) is 0.794. The Morgan fingerprint density at radius 1 is 1.16 bits per heavy atom. The lowest BCUT2D eigenvalue weighted by Gasteiger charge is -2.34. The van der Waals surface area contributed by atoms with Crippen molar-refractivity contribution in [3.05, 3.63) is 35.6 Å². The Hall–Kier alpha value is -1.51. The van der Waals surface area contributed by atoms with Crippen molar-refractivity contribution < 1.29 is 17.6 Å². The Kier molecular flexibility index (Phi) is 6.92. The number of sulfonamides is 1. The molecule has 0 aliphatic carbocycles. The molecule has 1 aliphatic heterocycles. The minimum Gasteiger partial charge on any atom is -0.340 e. The highest BCUT2D eigenvalue weighted by molar-refractivity contribution is 7.89. The second-order valence-corrected chi connectivity index (χ2v) is 8.58. The number of amides is 1. The largest absolute Gasteiger partial charge is 0.340 e. The van der Waals surface area contributed by atoms with Gasteiger partial charge in [0.2, 0.25) is 15.9 Å². The lowest BCUT2D eigenvalue weighted by molar-refractivity contribution is -0.132. The summed E-state index contributed by atoms with van der Waals surface area (Å²) in [7, 11) is 0.367. The molecule has 0 aromatic heterocycles. The number of nitrogens with zero attached hydrogens (tertiary/aromatic N) is 3. The summed E-state index contributed by atoms with van der Waals surface area (Å²) in [6.07, 6.45) is 0.587. The van der Waals surface area contributed by atoms with Gasteiger partial charge in [-0.05, 0) is 32.1 Å². The molecule has 0 atom stereocenters. The lowest BCUT2D eigenvalue weighted by Crippen LogP contribution is -2.51. The molecule has 140 valence electrons. The van der Waals surface area contributed by atoms with Crippen LogP contribution >= 0.6 is 0 Å². The zero-order valence-corrected chi connectivity index (χ0v) is 15.6. The molecule has 1 fully saturated rings. The van der Waals surface area contributed by atoms with E-state index in [1.54, 1.807) is 23.1 Å². The molecule has 0 unspecified atom stereocenters. The van der Waals surface area contributed by atoms with Gasteiger partial charge in [0.1, 0.15) is 5.82 Å². The molecule has 0 spiro atoms. The SMILES string of the molecule is CN(C)CCC(=O)N1CCN(S(=O)(=O)CCc2ccccc2F)CC1. The fourth-order valence-electron chi connectivity index (χ4n) is 2.76. The van der Waals surface area contributed by atoms with Gasteiger partial charge in [0, 0.05) is 39.1 Å². The molecular formula is C17H26FN3O3S. The van der Waals surface area contributed by atoms with Crippen LogP contribution in [0.5, 0.6) is 0 Å². The number of carbonyl (C=O) groups excluding carboxylic acids is 1. The lowest BCUT2D eigenvalue weighted by atomic mass is 10.2. The Labute approximate surface area is 149 Å². The van der Waals surface area contributed by atoms with Gasteiger partial charge in [0.05, 0.1) is 5.75 Å². The first-order chi connectivity index (χ1) is 11.8. The van der Waals surface area contributed by atoms with Crippen LogP contribution in [0.1, 0.15) is 12.0 Å². The molecule has 0 saturated carbocycles. The summed E-state index contributed by atoms with van der Waals surface area (Å²) in [6.45, 7) is 2.09. The van der Waals surface area contributed by atoms with Crippen molar-refractivity contribution >= 4 is 15.9 Å². The van der Waals surface area contributed by atoms with E-state index in [4.69, 9.17) is 0 Å². The van der Waals surface area contributed by atoms with Crippen LogP contribution in [0, 0.1) is 5.82 Å². The molecule has 0 bridgehead atoms. The van der Waals surface area contributed by atoms with Crippen molar-refractivity contribution in [1.82, 2.24) is 14.1 Å². The van der Waals surface area contributed by atoms with E-state index >= 15 is 0 Å². The summed E-state index contributed by atoms with van der Waals surface area (Å²) in [5, 5.41) is 0. The predicted molar refractivity (Wildman–Crippen MR) is 95.2 cm³/mol. The maximum atomic E-state index is 13.6. The molecular weight excluding hydrogens is 345 g/mol. The van der Waals surface area contributed by atoms with E-state index in [1.807, 2.05) is 19.0 Å². The fourth-order valence-corrected chi connectivity index (χ4v) is 4.22. The van der Waals surface area contributed by atoms with Gasteiger partial charge in [-0.1, -0.05) is 18.2 Å². The maximum Gasteiger partial charge on any atom is 0.223 e. The molecule has 1 saturated heterocycles. The van der Waals surface area contributed by atoms with Crippen LogP contribution in [0.25, 0.3) is 0 Å². The van der Waals surface area contributed by atoms with Gasteiger partial charge in [0.25, 0.3) is 0 Å². The van der Waals surface area contributed by atoms with Crippen molar-refractivity contribution in [1.29, 1.82) is 0 Å². The molecule has 6 nitrogen and oxygen atoms in total. The quantitative estimate of drug-likeness (QED) is 0.711. The normalized spacial score (nSPS) is 16.4. The molecule has 1 aromatic rings. The third-order valence-corrected chi connectivity index (χ3v) is 6.22. The Balaban J connectivity index is 1.84. The van der Waals surface area contributed by atoms with E-state index in [0.29, 0.717) is 44.7 Å². The van der Waals surface area contributed by atoms with Crippen molar-refractivity contribution in [2.24, 2.45) is 0 Å². The minimum atomic E-state index is -3.45. The van der Waals surface area contributed by atoms with Crippen LogP contribution in [0.4, 0.5) is 4.39 Å². The van der Waals surface area contributed by atoms with Crippen LogP contribution in [0.2, 0.25) is 0 Å². The van der Waals surface area contributed by atoms with Crippen molar-refractivity contribution in [3.8, 4) is 0 Å². The third-order valence-electron chi connectivity index (χ3n) is 4.34. The van der Waals surface area contributed by atoms with E-state index < -0.39 is 10.0 Å². The van der Waals surface area contributed by atoms with Crippen molar-refractivity contribution in [3.63, 3.8) is 0 Å². The highest BCUT2D eigenvalue weighted by Gasteiger charge is 2.28. The summed E-state index contributed by atoms with van der Waals surface area (Å²) in [5.74, 6) is -0.450. The molecule has 25 heavy (non-hydrogen) atoms. The Morgan fingerprint density at radius 2 is 1.80 bits per heavy atom. The summed E-state index contributed by atoms with van der Waals surface area (Å²) in [5.41, 5.74) is 0.406. The molecule has 1 amide bonds. The van der Waals surface area contributed by atoms with Crippen LogP contribution < -0.4 is 0 Å². The van der Waals surface area contributed by atoms with Gasteiger partial charge >= 0.3 is 0 Å². The second kappa shape index (κ2) is 8.73. The van der Waals surface area contributed by atoms with Crippen LogP contribution in [0.3, 0.4) is 0 Å². The number of piperazine rings is 1. The summed E-state index contributed by atoms with van der Waals surface area (Å²) >= 11 is 0. The molecule has 1 aromatic carbocycles.